The van der Waals surface area contributed by atoms with Gasteiger partial charge in [-0.15, -0.1) is 0 Å². The first-order chi connectivity index (χ1) is 18.3. The van der Waals surface area contributed by atoms with Crippen LogP contribution in [0.3, 0.4) is 0 Å². The summed E-state index contributed by atoms with van der Waals surface area (Å²) in [5.74, 6) is 3.38. The molecule has 1 atom stereocenters. The SMILES string of the molecule is Cn1c(Nc2cc(C(C)(C)C)n([C@@H]3CCOC3)n2)nc2ncc(Oc3cnc4[nH]c(C5CC5)cc4c3)cc21. The lowest BCUT2D eigenvalue weighted by Crippen LogP contribution is -2.22. The van der Waals surface area contributed by atoms with Gasteiger partial charge in [0.25, 0.3) is 0 Å². The largest absolute Gasteiger partial charge is 0.454 e. The van der Waals surface area contributed by atoms with Crippen LogP contribution in [0, 0.1) is 0 Å². The Morgan fingerprint density at radius 3 is 2.63 bits per heavy atom. The maximum Gasteiger partial charge on any atom is 0.210 e. The number of ether oxygens (including phenoxy) is 2. The molecule has 0 unspecified atom stereocenters. The average Bonchev–Trinajstić information content (AvgIpc) is 3.24. The number of hydrogen-bond donors (Lipinski definition) is 2. The molecule has 1 saturated carbocycles. The average molecular weight is 513 g/mol. The second-order valence-electron chi connectivity index (χ2n) is 11.5. The fourth-order valence-corrected chi connectivity index (χ4v) is 5.16. The number of H-pyrrole nitrogens is 1. The first-order valence-electron chi connectivity index (χ1n) is 13.3. The molecule has 5 aromatic rings. The highest BCUT2D eigenvalue weighted by atomic mass is 16.5. The number of anilines is 2. The highest BCUT2D eigenvalue weighted by Gasteiger charge is 2.28. The quantitative estimate of drug-likeness (QED) is 0.300. The van der Waals surface area contributed by atoms with E-state index in [2.05, 4.69) is 57.9 Å². The van der Waals surface area contributed by atoms with Crippen molar-refractivity contribution in [3.8, 4) is 11.5 Å². The Morgan fingerprint density at radius 1 is 1.05 bits per heavy atom. The number of nitrogens with zero attached hydrogens (tertiary/aromatic N) is 6. The number of pyridine rings is 2. The van der Waals surface area contributed by atoms with Crippen molar-refractivity contribution in [3.63, 3.8) is 0 Å². The summed E-state index contributed by atoms with van der Waals surface area (Å²) in [5, 5.41) is 9.37. The molecule has 0 bridgehead atoms. The normalized spacial score (nSPS) is 18.1. The Morgan fingerprint density at radius 2 is 1.87 bits per heavy atom. The Bertz CT molecular complexity index is 1650. The molecule has 1 aliphatic heterocycles. The second-order valence-corrected chi connectivity index (χ2v) is 11.5. The second kappa shape index (κ2) is 8.56. The number of aromatic nitrogens is 7. The molecule has 7 rings (SSSR count). The smallest absolute Gasteiger partial charge is 0.210 e. The number of rotatable bonds is 6. The summed E-state index contributed by atoms with van der Waals surface area (Å²) < 4.78 is 15.9. The van der Waals surface area contributed by atoms with Crippen LogP contribution in [0.15, 0.2) is 36.7 Å². The van der Waals surface area contributed by atoms with E-state index in [0.29, 0.717) is 35.6 Å². The van der Waals surface area contributed by atoms with Crippen LogP contribution < -0.4 is 10.1 Å². The third kappa shape index (κ3) is 4.18. The van der Waals surface area contributed by atoms with E-state index in [1.807, 2.05) is 23.7 Å². The van der Waals surface area contributed by atoms with Crippen LogP contribution in [0.1, 0.15) is 63.4 Å². The lowest BCUT2D eigenvalue weighted by Gasteiger charge is -2.22. The molecule has 2 fully saturated rings. The van der Waals surface area contributed by atoms with E-state index >= 15 is 0 Å². The molecule has 196 valence electrons. The summed E-state index contributed by atoms with van der Waals surface area (Å²) >= 11 is 0. The van der Waals surface area contributed by atoms with Gasteiger partial charge >= 0.3 is 0 Å². The molecule has 1 saturated heterocycles. The van der Waals surface area contributed by atoms with Gasteiger partial charge in [0, 0.05) is 48.0 Å². The monoisotopic (exact) mass is 512 g/mol. The van der Waals surface area contributed by atoms with Crippen molar-refractivity contribution >= 4 is 34.0 Å². The number of imidazole rings is 1. The lowest BCUT2D eigenvalue weighted by atomic mass is 9.91. The molecule has 6 heterocycles. The van der Waals surface area contributed by atoms with Gasteiger partial charge < -0.3 is 24.3 Å². The molecular weight excluding hydrogens is 480 g/mol. The summed E-state index contributed by atoms with van der Waals surface area (Å²) in [6, 6.07) is 8.51. The Labute approximate surface area is 220 Å². The van der Waals surface area contributed by atoms with Crippen LogP contribution in [-0.2, 0) is 17.2 Å². The summed E-state index contributed by atoms with van der Waals surface area (Å²) in [4.78, 5) is 17.2. The fourth-order valence-electron chi connectivity index (χ4n) is 5.16. The molecule has 10 nitrogen and oxygen atoms in total. The molecular formula is C28H32N8O2. The zero-order chi connectivity index (χ0) is 26.0. The summed E-state index contributed by atoms with van der Waals surface area (Å²) in [6.07, 6.45) is 6.91. The van der Waals surface area contributed by atoms with E-state index in [1.54, 1.807) is 12.4 Å². The zero-order valence-electron chi connectivity index (χ0n) is 22.2. The highest BCUT2D eigenvalue weighted by molar-refractivity contribution is 5.79. The van der Waals surface area contributed by atoms with Crippen molar-refractivity contribution in [2.45, 2.75) is 57.4 Å². The van der Waals surface area contributed by atoms with Gasteiger partial charge in [-0.25, -0.2) is 9.97 Å². The van der Waals surface area contributed by atoms with Crippen LogP contribution in [0.2, 0.25) is 0 Å². The Kier molecular flexibility index (Phi) is 5.23. The minimum Gasteiger partial charge on any atom is -0.454 e. The minimum atomic E-state index is -0.0482. The fraction of sp³-hybridized carbons (Fsp3) is 0.429. The Hall–Kier alpha value is -3.92. The van der Waals surface area contributed by atoms with Crippen molar-refractivity contribution < 1.29 is 9.47 Å². The van der Waals surface area contributed by atoms with Crippen LogP contribution >= 0.6 is 0 Å². The van der Waals surface area contributed by atoms with Crippen LogP contribution in [0.5, 0.6) is 11.5 Å². The van der Waals surface area contributed by atoms with Gasteiger partial charge in [0.1, 0.15) is 17.1 Å². The summed E-state index contributed by atoms with van der Waals surface area (Å²) in [5.41, 5.74) is 4.77. The third-order valence-corrected chi connectivity index (χ3v) is 7.43. The number of hydrogen-bond acceptors (Lipinski definition) is 7. The van der Waals surface area contributed by atoms with E-state index in [9.17, 15) is 0 Å². The predicted octanol–water partition coefficient (Wildman–Crippen LogP) is 5.71. The third-order valence-electron chi connectivity index (χ3n) is 7.43. The molecule has 0 spiro atoms. The maximum atomic E-state index is 6.15. The van der Waals surface area contributed by atoms with Gasteiger partial charge in [0.2, 0.25) is 5.95 Å². The summed E-state index contributed by atoms with van der Waals surface area (Å²) in [6.45, 7) is 8.08. The molecule has 1 aliphatic carbocycles. The molecule has 2 N–H and O–H groups in total. The van der Waals surface area contributed by atoms with Gasteiger partial charge in [-0.3, -0.25) is 4.68 Å². The molecule has 10 heteroatoms. The maximum absolute atomic E-state index is 6.15. The number of aryl methyl sites for hydroxylation is 1. The lowest BCUT2D eigenvalue weighted by molar-refractivity contribution is 0.183. The first-order valence-corrected chi connectivity index (χ1v) is 13.3. The molecule has 0 amide bonds. The highest BCUT2D eigenvalue weighted by Crippen LogP contribution is 2.41. The predicted molar refractivity (Wildman–Crippen MR) is 145 cm³/mol. The molecule has 38 heavy (non-hydrogen) atoms. The number of nitrogens with one attached hydrogen (secondary N) is 2. The van der Waals surface area contributed by atoms with E-state index in [4.69, 9.17) is 19.6 Å². The van der Waals surface area contributed by atoms with Crippen LogP contribution in [0.4, 0.5) is 11.8 Å². The molecule has 0 radical (unpaired) electrons. The number of fused-ring (bicyclic) bond motifs is 2. The van der Waals surface area contributed by atoms with Gasteiger partial charge in [-0.05, 0) is 37.3 Å². The first kappa shape index (κ1) is 23.2. The van der Waals surface area contributed by atoms with Crippen molar-refractivity contribution in [2.24, 2.45) is 7.05 Å². The van der Waals surface area contributed by atoms with Crippen molar-refractivity contribution in [1.29, 1.82) is 0 Å². The van der Waals surface area contributed by atoms with Gasteiger partial charge in [0.15, 0.2) is 11.5 Å². The van der Waals surface area contributed by atoms with E-state index < -0.39 is 0 Å². The van der Waals surface area contributed by atoms with Gasteiger partial charge in [0.05, 0.1) is 30.6 Å². The van der Waals surface area contributed by atoms with Crippen molar-refractivity contribution in [1.82, 2.24) is 34.3 Å². The molecule has 2 aliphatic rings. The van der Waals surface area contributed by atoms with Crippen molar-refractivity contribution in [3.05, 3.63) is 48.0 Å². The molecule has 5 aromatic heterocycles. The summed E-state index contributed by atoms with van der Waals surface area (Å²) in [7, 11) is 1.96. The van der Waals surface area contributed by atoms with E-state index in [0.717, 1.165) is 35.4 Å². The number of aromatic amines is 1. The van der Waals surface area contributed by atoms with Crippen molar-refractivity contribution in [2.75, 3.05) is 18.5 Å². The standard InChI is InChI=1S/C28H32N8O2/c1-28(2,3)23-12-24(34-36(23)18-7-8-37-15-18)32-27-33-26-22(35(27)4)11-20(14-30-26)38-19-9-17-10-21(16-5-6-16)31-25(17)29-13-19/h9-14,16,18H,5-8,15H2,1-4H3,(H,29,31)(H,30,32,33,34)/t18-/m1/s1. The topological polar surface area (TPSA) is 108 Å². The van der Waals surface area contributed by atoms with Gasteiger partial charge in [-0.2, -0.15) is 10.1 Å². The zero-order valence-corrected chi connectivity index (χ0v) is 22.2. The molecule has 0 aromatic carbocycles. The minimum absolute atomic E-state index is 0.0482. The van der Waals surface area contributed by atoms with Gasteiger partial charge in [-0.1, -0.05) is 20.8 Å². The van der Waals surface area contributed by atoms with Crippen LogP contribution in [-0.4, -0.2) is 47.5 Å². The van der Waals surface area contributed by atoms with Crippen LogP contribution in [0.25, 0.3) is 22.2 Å². The van der Waals surface area contributed by atoms with E-state index in [1.165, 1.54) is 24.2 Å². The van der Waals surface area contributed by atoms with E-state index in [-0.39, 0.29) is 11.5 Å². The Balaban J connectivity index is 1.15.